The summed E-state index contributed by atoms with van der Waals surface area (Å²) in [6, 6.07) is 0. The van der Waals surface area contributed by atoms with Crippen molar-refractivity contribution >= 4 is 86.5 Å². The normalized spacial score (nSPS) is 7.50. The standard InChI is InChI=1S/2Bi.3H2O3S/c;;3*1-4(2)3/h;;3*(H2,1,2,3)/q2*+3;;;/p-6. The fourth-order valence-electron chi connectivity index (χ4n) is 0. The molecular weight excluding hydrogens is 658 g/mol. The van der Waals surface area contributed by atoms with E-state index in [1.165, 1.54) is 0 Å². The van der Waals surface area contributed by atoms with Gasteiger partial charge in [-0.1, -0.05) is 0 Å². The quantitative estimate of drug-likeness (QED) is 0.186. The van der Waals surface area contributed by atoms with Gasteiger partial charge in [0.05, 0.1) is 0 Å². The van der Waals surface area contributed by atoms with Crippen molar-refractivity contribution in [2.45, 2.75) is 0 Å². The van der Waals surface area contributed by atoms with Gasteiger partial charge in [-0.3, -0.25) is 12.6 Å². The van der Waals surface area contributed by atoms with Crippen LogP contribution in [0.4, 0.5) is 0 Å². The summed E-state index contributed by atoms with van der Waals surface area (Å²) in [4.78, 5) is 0. The monoisotopic (exact) mass is 658 g/mol. The van der Waals surface area contributed by atoms with Crippen LogP contribution in [-0.2, 0) is 34.1 Å². The molecular formula is Bi2O9S3. The zero-order chi connectivity index (χ0) is 10.7. The average Bonchev–Trinajstić information content (AvgIpc) is 1.54. The maximum absolute atomic E-state index is 8.44. The Labute approximate surface area is 125 Å². The van der Waals surface area contributed by atoms with Crippen LogP contribution in [0.1, 0.15) is 0 Å². The van der Waals surface area contributed by atoms with Gasteiger partial charge < -0.3 is 27.3 Å². The molecule has 4 radical (unpaired) electrons. The minimum absolute atomic E-state index is 0. The van der Waals surface area contributed by atoms with Crippen LogP contribution in [0.3, 0.4) is 0 Å². The van der Waals surface area contributed by atoms with E-state index >= 15 is 0 Å². The molecule has 0 spiro atoms. The van der Waals surface area contributed by atoms with Crippen molar-refractivity contribution in [3.8, 4) is 0 Å². The van der Waals surface area contributed by atoms with Crippen molar-refractivity contribution in [2.24, 2.45) is 0 Å². The third-order valence-corrected chi connectivity index (χ3v) is 0. The minimum Gasteiger partial charge on any atom is -0.784 e. The van der Waals surface area contributed by atoms with Crippen molar-refractivity contribution in [1.29, 1.82) is 0 Å². The van der Waals surface area contributed by atoms with Crippen molar-refractivity contribution < 1.29 is 39.9 Å². The summed E-state index contributed by atoms with van der Waals surface area (Å²) in [6.07, 6.45) is 0. The smallest absolute Gasteiger partial charge is 0.784 e. The van der Waals surface area contributed by atoms with Gasteiger partial charge in [0.15, 0.2) is 0 Å². The summed E-state index contributed by atoms with van der Waals surface area (Å²) in [5.74, 6) is 0. The van der Waals surface area contributed by atoms with E-state index in [1.54, 1.807) is 0 Å². The van der Waals surface area contributed by atoms with Gasteiger partial charge >= 0.3 is 52.4 Å². The van der Waals surface area contributed by atoms with Crippen LogP contribution in [0, 0.1) is 0 Å². The van der Waals surface area contributed by atoms with E-state index in [0.29, 0.717) is 0 Å². The van der Waals surface area contributed by atoms with Crippen molar-refractivity contribution in [2.75, 3.05) is 0 Å². The summed E-state index contributed by atoms with van der Waals surface area (Å²) in [5.41, 5.74) is 0. The molecule has 0 aliphatic carbocycles. The first-order valence-corrected chi connectivity index (χ1v) is 4.50. The van der Waals surface area contributed by atoms with Gasteiger partial charge in [-0.2, -0.15) is 0 Å². The van der Waals surface area contributed by atoms with Crippen LogP contribution in [0.15, 0.2) is 0 Å². The zero-order valence-electron chi connectivity index (χ0n) is 5.79. The Morgan fingerprint density at radius 2 is 0.500 bits per heavy atom. The molecule has 0 aromatic rings. The molecule has 0 unspecified atom stereocenters. The largest absolute Gasteiger partial charge is 3.00 e. The van der Waals surface area contributed by atoms with Crippen LogP contribution in [0.25, 0.3) is 0 Å². The number of rotatable bonds is 0. The van der Waals surface area contributed by atoms with Crippen LogP contribution in [-0.4, -0.2) is 92.4 Å². The Kier molecular flexibility index (Phi) is 51.6. The molecule has 0 aliphatic heterocycles. The molecule has 0 fully saturated rings. The van der Waals surface area contributed by atoms with Gasteiger partial charge in [0.25, 0.3) is 0 Å². The molecule has 0 aromatic heterocycles. The van der Waals surface area contributed by atoms with Crippen LogP contribution >= 0.6 is 0 Å². The Balaban J connectivity index is -0.0000000270. The van der Waals surface area contributed by atoms with E-state index in [0.717, 1.165) is 0 Å². The SMILES string of the molecule is O=S([O-])[O-].O=S([O-])[O-].O=S([O-])[O-].[Bi+3].[Bi+3]. The first kappa shape index (κ1) is 29.7. The summed E-state index contributed by atoms with van der Waals surface area (Å²) in [7, 11) is 0. The molecule has 9 nitrogen and oxygen atoms in total. The second-order valence-corrected chi connectivity index (χ2v) is 1.84. The summed E-state index contributed by atoms with van der Waals surface area (Å²) in [6.45, 7) is 0. The number of hydrogen-bond acceptors (Lipinski definition) is 9. The van der Waals surface area contributed by atoms with Gasteiger partial charge in [-0.15, -0.1) is 34.1 Å². The van der Waals surface area contributed by atoms with Gasteiger partial charge in [-0.05, 0) is 0 Å². The van der Waals surface area contributed by atoms with E-state index in [2.05, 4.69) is 0 Å². The predicted molar refractivity (Wildman–Crippen MR) is 40.6 cm³/mol. The first-order valence-electron chi connectivity index (χ1n) is 1.50. The van der Waals surface area contributed by atoms with E-state index < -0.39 is 34.1 Å². The second kappa shape index (κ2) is 24.3. The van der Waals surface area contributed by atoms with E-state index in [4.69, 9.17) is 39.9 Å². The predicted octanol–water partition coefficient (Wildman–Crippen LogP) is -3.77. The molecule has 0 atom stereocenters. The molecule has 0 aromatic carbocycles. The van der Waals surface area contributed by atoms with Crippen molar-refractivity contribution in [3.05, 3.63) is 0 Å². The van der Waals surface area contributed by atoms with Crippen LogP contribution in [0.2, 0.25) is 0 Å². The third kappa shape index (κ3) is 603. The summed E-state index contributed by atoms with van der Waals surface area (Å²) < 4.78 is 76.0. The fourth-order valence-corrected chi connectivity index (χ4v) is 0. The first-order chi connectivity index (χ1) is 5.20. The Morgan fingerprint density at radius 1 is 0.500 bits per heavy atom. The Hall–Kier alpha value is 1.98. The molecule has 0 heterocycles. The fraction of sp³-hybridized carbons (Fsp3) is 0. The van der Waals surface area contributed by atoms with Gasteiger partial charge in [0.1, 0.15) is 0 Å². The maximum atomic E-state index is 8.44. The molecule has 0 saturated carbocycles. The molecule has 0 saturated heterocycles. The van der Waals surface area contributed by atoms with E-state index in [-0.39, 0.29) is 52.4 Å². The second-order valence-electron chi connectivity index (χ2n) is 0.612. The topological polar surface area (TPSA) is 190 Å². The molecule has 0 aliphatic rings. The van der Waals surface area contributed by atoms with Crippen molar-refractivity contribution in [1.82, 2.24) is 0 Å². The van der Waals surface area contributed by atoms with E-state index in [9.17, 15) is 0 Å². The van der Waals surface area contributed by atoms with Crippen molar-refractivity contribution in [3.63, 3.8) is 0 Å². The van der Waals surface area contributed by atoms with E-state index in [1.807, 2.05) is 0 Å². The van der Waals surface area contributed by atoms with Gasteiger partial charge in [-0.25, -0.2) is 0 Å². The summed E-state index contributed by atoms with van der Waals surface area (Å²) in [5, 5.41) is 0. The average molecular weight is 658 g/mol. The van der Waals surface area contributed by atoms with Gasteiger partial charge in [0, 0.05) is 0 Å². The Morgan fingerprint density at radius 3 is 0.500 bits per heavy atom. The molecule has 82 valence electrons. The maximum Gasteiger partial charge on any atom is 3.00 e. The Bertz CT molecular complexity index is 116. The number of hydrogen-bond donors (Lipinski definition) is 0. The van der Waals surface area contributed by atoms with Gasteiger partial charge in [0.2, 0.25) is 0 Å². The van der Waals surface area contributed by atoms with Crippen LogP contribution in [0.5, 0.6) is 0 Å². The molecule has 0 amide bonds. The summed E-state index contributed by atoms with van der Waals surface area (Å²) >= 11 is -9.33. The third-order valence-electron chi connectivity index (χ3n) is 0. The molecule has 14 heavy (non-hydrogen) atoms. The minimum atomic E-state index is -3.11. The molecule has 0 N–H and O–H groups in total. The molecule has 0 rings (SSSR count). The molecule has 0 bridgehead atoms. The van der Waals surface area contributed by atoms with Crippen LogP contribution < -0.4 is 0 Å². The molecule has 14 heteroatoms. The zero-order valence-corrected chi connectivity index (χ0v) is 15.2.